The van der Waals surface area contributed by atoms with Gasteiger partial charge in [-0.05, 0) is 81.3 Å². The number of halogens is 1. The Morgan fingerprint density at radius 2 is 1.61 bits per heavy atom. The fourth-order valence-corrected chi connectivity index (χ4v) is 6.27. The second-order valence-corrected chi connectivity index (χ2v) is 12.9. The smallest absolute Gasteiger partial charge is 0.264 e. The van der Waals surface area contributed by atoms with E-state index in [0.717, 1.165) is 14.3 Å². The van der Waals surface area contributed by atoms with E-state index in [-0.39, 0.29) is 34.8 Å². The molecule has 2 amide bonds. The minimum absolute atomic E-state index is 0.0842. The number of rotatable bonds is 15. The van der Waals surface area contributed by atoms with Crippen LogP contribution in [0.4, 0.5) is 5.69 Å². The maximum absolute atomic E-state index is 14.2. The first-order chi connectivity index (χ1) is 20.9. The van der Waals surface area contributed by atoms with Crippen LogP contribution in [-0.2, 0) is 26.2 Å². The van der Waals surface area contributed by atoms with E-state index in [1.807, 2.05) is 45.0 Å². The molecular weight excluding hydrogens is 650 g/mol. The molecule has 0 unspecified atom stereocenters. The van der Waals surface area contributed by atoms with Gasteiger partial charge in [0.2, 0.25) is 11.8 Å². The number of carbonyl (C=O) groups is 2. The van der Waals surface area contributed by atoms with E-state index in [1.165, 1.54) is 37.3 Å². The van der Waals surface area contributed by atoms with Crippen LogP contribution in [0.1, 0.15) is 39.7 Å². The van der Waals surface area contributed by atoms with Crippen molar-refractivity contribution in [3.8, 4) is 17.2 Å². The molecule has 0 aliphatic rings. The van der Waals surface area contributed by atoms with Gasteiger partial charge in [-0.1, -0.05) is 35.0 Å². The molecule has 0 radical (unpaired) electrons. The molecule has 0 bridgehead atoms. The summed E-state index contributed by atoms with van der Waals surface area (Å²) in [5.74, 6) is 0.236. The van der Waals surface area contributed by atoms with E-state index in [9.17, 15) is 18.0 Å². The predicted octanol–water partition coefficient (Wildman–Crippen LogP) is 5.39. The molecule has 0 aromatic heterocycles. The molecule has 2 atom stereocenters. The summed E-state index contributed by atoms with van der Waals surface area (Å²) >= 11 is 3.46. The number of sulfonamides is 1. The van der Waals surface area contributed by atoms with Gasteiger partial charge in [0.25, 0.3) is 10.0 Å². The van der Waals surface area contributed by atoms with E-state index in [1.54, 1.807) is 31.2 Å². The Labute approximate surface area is 268 Å². The number of amides is 2. The molecule has 0 saturated carbocycles. The van der Waals surface area contributed by atoms with Crippen molar-refractivity contribution >= 4 is 43.5 Å². The Balaban J connectivity index is 2.08. The van der Waals surface area contributed by atoms with Crippen LogP contribution in [0.15, 0.2) is 76.1 Å². The van der Waals surface area contributed by atoms with Crippen LogP contribution in [0, 0.1) is 0 Å². The Bertz CT molecular complexity index is 1530. The van der Waals surface area contributed by atoms with Gasteiger partial charge >= 0.3 is 0 Å². The number of methoxy groups -OCH3 is 2. The van der Waals surface area contributed by atoms with Crippen molar-refractivity contribution in [1.29, 1.82) is 0 Å². The number of hydrogen-bond acceptors (Lipinski definition) is 7. The van der Waals surface area contributed by atoms with Crippen molar-refractivity contribution in [2.45, 2.75) is 57.6 Å². The van der Waals surface area contributed by atoms with Crippen LogP contribution in [0.3, 0.4) is 0 Å². The second-order valence-electron chi connectivity index (χ2n) is 10.1. The first kappa shape index (κ1) is 34.7. The third-order valence-electron chi connectivity index (χ3n) is 7.07. The number of ether oxygens (including phenoxy) is 3. The lowest BCUT2D eigenvalue weighted by molar-refractivity contribution is -0.139. The zero-order valence-electron chi connectivity index (χ0n) is 25.9. The average molecular weight is 691 g/mol. The van der Waals surface area contributed by atoms with Gasteiger partial charge in [0.15, 0.2) is 11.5 Å². The lowest BCUT2D eigenvalue weighted by Gasteiger charge is -2.32. The summed E-state index contributed by atoms with van der Waals surface area (Å²) in [6.45, 7) is 7.27. The van der Waals surface area contributed by atoms with E-state index >= 15 is 0 Å². The van der Waals surface area contributed by atoms with Crippen LogP contribution in [0.25, 0.3) is 0 Å². The van der Waals surface area contributed by atoms with Gasteiger partial charge in [0.1, 0.15) is 18.3 Å². The third-order valence-corrected chi connectivity index (χ3v) is 9.33. The molecule has 0 aliphatic heterocycles. The Kier molecular flexibility index (Phi) is 12.5. The molecule has 10 nitrogen and oxygen atoms in total. The minimum atomic E-state index is -4.31. The highest BCUT2D eigenvalue weighted by atomic mass is 79.9. The number of hydrogen-bond donors (Lipinski definition) is 1. The van der Waals surface area contributed by atoms with Crippen LogP contribution in [0.2, 0.25) is 0 Å². The maximum atomic E-state index is 14.2. The van der Waals surface area contributed by atoms with Crippen molar-refractivity contribution in [3.63, 3.8) is 0 Å². The molecule has 0 spiro atoms. The molecular formula is C32H40BrN3O7S. The summed E-state index contributed by atoms with van der Waals surface area (Å²) in [7, 11) is -1.45. The highest BCUT2D eigenvalue weighted by Crippen LogP contribution is 2.33. The fraction of sp³-hybridized carbons (Fsp3) is 0.375. The van der Waals surface area contributed by atoms with Gasteiger partial charge in [-0.3, -0.25) is 13.9 Å². The van der Waals surface area contributed by atoms with Crippen molar-refractivity contribution in [3.05, 3.63) is 76.8 Å². The van der Waals surface area contributed by atoms with Crippen molar-refractivity contribution in [1.82, 2.24) is 10.2 Å². The number of nitrogens with zero attached hydrogens (tertiary/aromatic N) is 2. The molecule has 3 aromatic carbocycles. The molecule has 238 valence electrons. The van der Waals surface area contributed by atoms with E-state index in [2.05, 4.69) is 21.2 Å². The zero-order chi connectivity index (χ0) is 32.4. The molecule has 3 rings (SSSR count). The molecule has 0 aliphatic carbocycles. The first-order valence-electron chi connectivity index (χ1n) is 14.3. The largest absolute Gasteiger partial charge is 0.494 e. The van der Waals surface area contributed by atoms with Gasteiger partial charge < -0.3 is 24.4 Å². The average Bonchev–Trinajstić information content (AvgIpc) is 3.02. The van der Waals surface area contributed by atoms with Crippen molar-refractivity contribution in [2.24, 2.45) is 0 Å². The number of anilines is 1. The number of nitrogens with one attached hydrogen (secondary N) is 1. The van der Waals surface area contributed by atoms with Crippen LogP contribution >= 0.6 is 15.9 Å². The lowest BCUT2D eigenvalue weighted by atomic mass is 10.1. The van der Waals surface area contributed by atoms with Gasteiger partial charge in [0, 0.05) is 23.1 Å². The molecule has 12 heteroatoms. The molecule has 0 fully saturated rings. The van der Waals surface area contributed by atoms with Crippen molar-refractivity contribution in [2.75, 3.05) is 31.7 Å². The van der Waals surface area contributed by atoms with Gasteiger partial charge in [-0.25, -0.2) is 8.42 Å². The summed E-state index contributed by atoms with van der Waals surface area (Å²) in [5, 5.41) is 2.93. The summed E-state index contributed by atoms with van der Waals surface area (Å²) in [6, 6.07) is 17.1. The standard InChI is InChI=1S/C32H40BrN3O7S/c1-7-22(3)34-32(38)23(4)35(20-24-10-9-11-25(33)18-24)31(37)21-36(26-12-14-27(15-13-26)43-8-2)44(39,40)28-16-17-29(41-5)30(19-28)42-6/h9-19,22-23H,7-8,20-21H2,1-6H3,(H,34,38)/t22-,23-/m1/s1. The summed E-state index contributed by atoms with van der Waals surface area (Å²) < 4.78 is 46.4. The number of carbonyl (C=O) groups excluding carboxylic acids is 2. The topological polar surface area (TPSA) is 114 Å². The van der Waals surface area contributed by atoms with Crippen LogP contribution in [-0.4, -0.2) is 64.6 Å². The highest BCUT2D eigenvalue weighted by Gasteiger charge is 2.33. The quantitative estimate of drug-likeness (QED) is 0.228. The molecule has 44 heavy (non-hydrogen) atoms. The minimum Gasteiger partial charge on any atom is -0.494 e. The maximum Gasteiger partial charge on any atom is 0.264 e. The molecule has 0 heterocycles. The summed E-state index contributed by atoms with van der Waals surface area (Å²) in [5.41, 5.74) is 1.02. The Morgan fingerprint density at radius 1 is 0.932 bits per heavy atom. The van der Waals surface area contributed by atoms with E-state index in [4.69, 9.17) is 14.2 Å². The SMILES string of the molecule is CCOc1ccc(N(CC(=O)N(Cc2cccc(Br)c2)[C@H](C)C(=O)N[C@H](C)CC)S(=O)(=O)c2ccc(OC)c(OC)c2)cc1. The van der Waals surface area contributed by atoms with E-state index in [0.29, 0.717) is 24.5 Å². The highest BCUT2D eigenvalue weighted by molar-refractivity contribution is 9.10. The zero-order valence-corrected chi connectivity index (χ0v) is 28.3. The van der Waals surface area contributed by atoms with E-state index < -0.39 is 28.5 Å². The molecule has 3 aromatic rings. The van der Waals surface area contributed by atoms with Crippen LogP contribution in [0.5, 0.6) is 17.2 Å². The third kappa shape index (κ3) is 8.66. The predicted molar refractivity (Wildman–Crippen MR) is 174 cm³/mol. The summed E-state index contributed by atoms with van der Waals surface area (Å²) in [6.07, 6.45) is 0.715. The fourth-order valence-electron chi connectivity index (χ4n) is 4.39. The number of benzene rings is 3. The Morgan fingerprint density at radius 3 is 2.20 bits per heavy atom. The van der Waals surface area contributed by atoms with Crippen molar-refractivity contribution < 1.29 is 32.2 Å². The molecule has 1 N–H and O–H groups in total. The summed E-state index contributed by atoms with van der Waals surface area (Å²) in [4.78, 5) is 28.7. The van der Waals surface area contributed by atoms with Gasteiger partial charge in [-0.15, -0.1) is 0 Å². The molecule has 0 saturated heterocycles. The lowest BCUT2D eigenvalue weighted by Crippen LogP contribution is -2.52. The second kappa shape index (κ2) is 15.8. The van der Waals surface area contributed by atoms with Crippen LogP contribution < -0.4 is 23.8 Å². The van der Waals surface area contributed by atoms with Gasteiger partial charge in [0.05, 0.1) is 31.4 Å². The Hall–Kier alpha value is -3.77. The first-order valence-corrected chi connectivity index (χ1v) is 16.5. The monoisotopic (exact) mass is 689 g/mol. The normalized spacial score (nSPS) is 12.5. The van der Waals surface area contributed by atoms with Gasteiger partial charge in [-0.2, -0.15) is 0 Å².